The van der Waals surface area contributed by atoms with Gasteiger partial charge in [0.25, 0.3) is 0 Å². The lowest BCUT2D eigenvalue weighted by Gasteiger charge is -1.88. The van der Waals surface area contributed by atoms with Crippen LogP contribution in [0.1, 0.15) is 0 Å². The Morgan fingerprint density at radius 3 is 2.00 bits per heavy atom. The van der Waals surface area contributed by atoms with Gasteiger partial charge >= 0.3 is 0 Å². The summed E-state index contributed by atoms with van der Waals surface area (Å²) in [4.78, 5) is 0. The number of hydrogen-bond donors (Lipinski definition) is 1. The number of hydrogen-bond acceptors (Lipinski definition) is 1. The molecule has 0 aliphatic rings. The van der Waals surface area contributed by atoms with E-state index in [0.717, 1.165) is 9.52 Å². The highest BCUT2D eigenvalue weighted by molar-refractivity contribution is 6.51. The summed E-state index contributed by atoms with van der Waals surface area (Å²) in [6.45, 7) is 2.19. The maximum Gasteiger partial charge on any atom is 0.0773 e. The smallest absolute Gasteiger partial charge is 0.0773 e. The summed E-state index contributed by atoms with van der Waals surface area (Å²) < 4.78 is 0. The topological polar surface area (TPSA) is 35.0 Å². The van der Waals surface area contributed by atoms with Crippen LogP contribution in [0.5, 0.6) is 0 Å². The van der Waals surface area contributed by atoms with Crippen molar-refractivity contribution in [2.45, 2.75) is 6.55 Å². The van der Waals surface area contributed by atoms with Gasteiger partial charge in [-0.25, -0.2) is 0 Å². The minimum atomic E-state index is 0. The zero-order valence-electron chi connectivity index (χ0n) is 5.59. The van der Waals surface area contributed by atoms with Gasteiger partial charge in [0.15, 0.2) is 0 Å². The monoisotopic (exact) mass is 137 g/mol. The van der Waals surface area contributed by atoms with Crippen LogP contribution in [-0.4, -0.2) is 9.52 Å². The van der Waals surface area contributed by atoms with Gasteiger partial charge < -0.3 is 6.15 Å². The molecule has 0 unspecified atom stereocenters. The fraction of sp³-hybridized carbons (Fsp3) is 0.143. The van der Waals surface area contributed by atoms with E-state index in [1.54, 1.807) is 0 Å². The van der Waals surface area contributed by atoms with Crippen molar-refractivity contribution in [1.82, 2.24) is 6.15 Å². The molecule has 1 aromatic carbocycles. The highest BCUT2D eigenvalue weighted by atomic mass is 28.2. The Morgan fingerprint density at radius 1 is 1.11 bits per heavy atom. The van der Waals surface area contributed by atoms with Gasteiger partial charge in [-0.05, 0) is 0 Å². The molecule has 0 aromatic heterocycles. The van der Waals surface area contributed by atoms with Crippen LogP contribution >= 0.6 is 0 Å². The zero-order chi connectivity index (χ0) is 5.82. The molecule has 48 valence electrons. The molecule has 3 N–H and O–H groups in total. The van der Waals surface area contributed by atoms with Crippen LogP contribution in [-0.2, 0) is 0 Å². The molecule has 9 heavy (non-hydrogen) atoms. The van der Waals surface area contributed by atoms with Gasteiger partial charge in [-0.2, -0.15) is 0 Å². The Morgan fingerprint density at radius 2 is 1.67 bits per heavy atom. The predicted molar refractivity (Wildman–Crippen MR) is 42.7 cm³/mol. The molecule has 0 saturated heterocycles. The van der Waals surface area contributed by atoms with Crippen molar-refractivity contribution in [3.05, 3.63) is 30.3 Å². The molecule has 2 radical (unpaired) electrons. The molecule has 2 heteroatoms. The fourth-order valence-corrected chi connectivity index (χ4v) is 1.13. The molecular formula is C7H11NSi. The van der Waals surface area contributed by atoms with Gasteiger partial charge in [-0.1, -0.05) is 42.1 Å². The minimum absolute atomic E-state index is 0. The molecular weight excluding hydrogens is 126 g/mol. The van der Waals surface area contributed by atoms with Gasteiger partial charge in [0.1, 0.15) is 0 Å². The van der Waals surface area contributed by atoms with Gasteiger partial charge in [-0.3, -0.25) is 0 Å². The number of benzene rings is 1. The first kappa shape index (κ1) is 8.40. The van der Waals surface area contributed by atoms with Gasteiger partial charge in [0.2, 0.25) is 0 Å². The quantitative estimate of drug-likeness (QED) is 0.580. The second-order valence-corrected chi connectivity index (χ2v) is 2.69. The van der Waals surface area contributed by atoms with E-state index in [-0.39, 0.29) is 6.15 Å². The van der Waals surface area contributed by atoms with Gasteiger partial charge in [0.05, 0.1) is 9.52 Å². The Bertz CT molecular complexity index is 150. The largest absolute Gasteiger partial charge is 0.344 e. The molecule has 1 nitrogen and oxygen atoms in total. The summed E-state index contributed by atoms with van der Waals surface area (Å²) in [5.41, 5.74) is 0. The van der Waals surface area contributed by atoms with Gasteiger partial charge in [-0.15, -0.1) is 0 Å². The van der Waals surface area contributed by atoms with Crippen LogP contribution in [0.25, 0.3) is 0 Å². The van der Waals surface area contributed by atoms with Crippen LogP contribution in [0.2, 0.25) is 6.55 Å². The van der Waals surface area contributed by atoms with Crippen LogP contribution in [0.3, 0.4) is 0 Å². The van der Waals surface area contributed by atoms with Crippen molar-refractivity contribution in [3.63, 3.8) is 0 Å². The summed E-state index contributed by atoms with van der Waals surface area (Å²) in [5, 5.41) is 1.44. The summed E-state index contributed by atoms with van der Waals surface area (Å²) in [7, 11) is 0.930. The maximum absolute atomic E-state index is 2.19. The van der Waals surface area contributed by atoms with E-state index in [1.807, 2.05) is 6.07 Å². The predicted octanol–water partition coefficient (Wildman–Crippen LogP) is 1.23. The Labute approximate surface area is 58.5 Å². The molecule has 1 aromatic rings. The Hall–Kier alpha value is -0.603. The van der Waals surface area contributed by atoms with Crippen LogP contribution in [0.4, 0.5) is 0 Å². The first-order valence-electron chi connectivity index (χ1n) is 2.66. The first-order valence-corrected chi connectivity index (χ1v) is 4.16. The molecule has 0 heterocycles. The highest BCUT2D eigenvalue weighted by Crippen LogP contribution is 1.79. The van der Waals surface area contributed by atoms with E-state index < -0.39 is 0 Å². The van der Waals surface area contributed by atoms with Crippen molar-refractivity contribution in [1.29, 1.82) is 0 Å². The SMILES string of the molecule is C[Si]c1ccccc1.N. The second kappa shape index (κ2) is 4.29. The third-order valence-electron chi connectivity index (χ3n) is 1.06. The molecule has 0 saturated carbocycles. The summed E-state index contributed by atoms with van der Waals surface area (Å²) in [6.07, 6.45) is 0. The molecule has 1 rings (SSSR count). The van der Waals surface area contributed by atoms with E-state index >= 15 is 0 Å². The molecule has 0 spiro atoms. The van der Waals surface area contributed by atoms with Crippen molar-refractivity contribution in [2.75, 3.05) is 0 Å². The van der Waals surface area contributed by atoms with Crippen molar-refractivity contribution < 1.29 is 0 Å². The normalized spacial score (nSPS) is 8.11. The third-order valence-corrected chi connectivity index (χ3v) is 1.97. The average Bonchev–Trinajstić information content (AvgIpc) is 1.90. The van der Waals surface area contributed by atoms with Crippen LogP contribution < -0.4 is 11.3 Å². The van der Waals surface area contributed by atoms with E-state index in [4.69, 9.17) is 0 Å². The minimum Gasteiger partial charge on any atom is -0.344 e. The lowest BCUT2D eigenvalue weighted by Crippen LogP contribution is -2.07. The molecule has 0 aliphatic carbocycles. The first-order chi connectivity index (χ1) is 3.93. The molecule has 0 bridgehead atoms. The van der Waals surface area contributed by atoms with E-state index in [0.29, 0.717) is 0 Å². The molecule has 0 atom stereocenters. The molecule has 0 aliphatic heterocycles. The Kier molecular flexibility index (Phi) is 4.01. The summed E-state index contributed by atoms with van der Waals surface area (Å²) in [6, 6.07) is 10.5. The average molecular weight is 137 g/mol. The van der Waals surface area contributed by atoms with Crippen molar-refractivity contribution >= 4 is 14.7 Å². The standard InChI is InChI=1S/C7H8Si.H3N/c1-8-7-5-3-2-4-6-7;/h2-6H,1H3;1H3. The van der Waals surface area contributed by atoms with Crippen LogP contribution in [0, 0.1) is 0 Å². The van der Waals surface area contributed by atoms with Crippen molar-refractivity contribution in [2.24, 2.45) is 0 Å². The lowest BCUT2D eigenvalue weighted by molar-refractivity contribution is 1.77. The van der Waals surface area contributed by atoms with Gasteiger partial charge in [0, 0.05) is 0 Å². The molecule has 0 amide bonds. The lowest BCUT2D eigenvalue weighted by atomic mass is 10.4. The Balaban J connectivity index is 0.000000640. The van der Waals surface area contributed by atoms with Crippen molar-refractivity contribution in [3.8, 4) is 0 Å². The summed E-state index contributed by atoms with van der Waals surface area (Å²) >= 11 is 0. The van der Waals surface area contributed by atoms with E-state index in [1.165, 1.54) is 5.19 Å². The zero-order valence-corrected chi connectivity index (χ0v) is 6.59. The highest BCUT2D eigenvalue weighted by Gasteiger charge is 1.81. The fourth-order valence-electron chi connectivity index (χ4n) is 0.605. The second-order valence-electron chi connectivity index (χ2n) is 1.62. The summed E-state index contributed by atoms with van der Waals surface area (Å²) in [5.74, 6) is 0. The maximum atomic E-state index is 2.19. The van der Waals surface area contributed by atoms with E-state index in [9.17, 15) is 0 Å². The number of rotatable bonds is 1. The van der Waals surface area contributed by atoms with Crippen LogP contribution in [0.15, 0.2) is 30.3 Å². The van der Waals surface area contributed by atoms with E-state index in [2.05, 4.69) is 30.8 Å². The third kappa shape index (κ3) is 2.44. The molecule has 0 fully saturated rings.